The number of methoxy groups -OCH3 is 1. The van der Waals surface area contributed by atoms with Crippen LogP contribution in [0, 0.1) is 5.92 Å². The molecule has 2 fully saturated rings. The number of hydrogen-bond donors (Lipinski definition) is 2. The van der Waals surface area contributed by atoms with Crippen LogP contribution in [0.4, 0.5) is 5.69 Å². The van der Waals surface area contributed by atoms with Gasteiger partial charge in [0.1, 0.15) is 5.75 Å². The molecule has 1 saturated heterocycles. The zero-order valence-electron chi connectivity index (χ0n) is 19.8. The van der Waals surface area contributed by atoms with Crippen LogP contribution in [0.3, 0.4) is 0 Å². The molecule has 2 aromatic carbocycles. The Morgan fingerprint density at radius 2 is 1.71 bits per heavy atom. The summed E-state index contributed by atoms with van der Waals surface area (Å²) in [6.07, 6.45) is 7.76. The van der Waals surface area contributed by atoms with Crippen molar-refractivity contribution in [3.8, 4) is 5.75 Å². The third kappa shape index (κ3) is 6.51. The van der Waals surface area contributed by atoms with E-state index in [1.165, 1.54) is 19.3 Å². The smallest absolute Gasteiger partial charge is 0.255 e. The molecule has 0 unspecified atom stereocenters. The largest absolute Gasteiger partial charge is 0.497 e. The molecular formula is C27H34ClN3O3. The predicted octanol–water partition coefficient (Wildman–Crippen LogP) is 5.26. The van der Waals surface area contributed by atoms with Gasteiger partial charge >= 0.3 is 0 Å². The van der Waals surface area contributed by atoms with Gasteiger partial charge in [0.2, 0.25) is 5.91 Å². The van der Waals surface area contributed by atoms with E-state index in [1.807, 2.05) is 18.2 Å². The first-order chi connectivity index (χ1) is 16.5. The Labute approximate surface area is 207 Å². The minimum absolute atomic E-state index is 0.114. The van der Waals surface area contributed by atoms with E-state index in [2.05, 4.69) is 15.5 Å². The molecule has 1 aliphatic carbocycles. The topological polar surface area (TPSA) is 70.7 Å². The van der Waals surface area contributed by atoms with Crippen LogP contribution in [0.1, 0.15) is 60.9 Å². The third-order valence-corrected chi connectivity index (χ3v) is 7.28. The minimum Gasteiger partial charge on any atom is -0.497 e. The van der Waals surface area contributed by atoms with Crippen LogP contribution in [0.2, 0.25) is 5.02 Å². The van der Waals surface area contributed by atoms with Gasteiger partial charge in [0.25, 0.3) is 5.91 Å². The highest BCUT2D eigenvalue weighted by atomic mass is 35.5. The molecule has 34 heavy (non-hydrogen) atoms. The fourth-order valence-electron chi connectivity index (χ4n) is 4.88. The summed E-state index contributed by atoms with van der Waals surface area (Å²) in [6, 6.07) is 13.1. The molecule has 4 rings (SSSR count). The van der Waals surface area contributed by atoms with Crippen LogP contribution in [0.15, 0.2) is 42.5 Å². The van der Waals surface area contributed by atoms with Gasteiger partial charge in [-0.05, 0) is 80.7 Å². The Morgan fingerprint density at radius 1 is 1.00 bits per heavy atom. The highest BCUT2D eigenvalue weighted by molar-refractivity contribution is 6.34. The summed E-state index contributed by atoms with van der Waals surface area (Å²) < 4.78 is 5.15. The maximum Gasteiger partial charge on any atom is 0.255 e. The minimum atomic E-state index is -0.216. The normalized spacial score (nSPS) is 17.8. The van der Waals surface area contributed by atoms with E-state index in [0.717, 1.165) is 50.9 Å². The summed E-state index contributed by atoms with van der Waals surface area (Å²) in [5.74, 6) is 0.836. The van der Waals surface area contributed by atoms with Crippen LogP contribution in [0.25, 0.3) is 0 Å². The number of nitrogens with zero attached hydrogens (tertiary/aromatic N) is 1. The van der Waals surface area contributed by atoms with Crippen molar-refractivity contribution < 1.29 is 14.3 Å². The van der Waals surface area contributed by atoms with Gasteiger partial charge in [-0.2, -0.15) is 0 Å². The molecule has 7 heteroatoms. The second kappa shape index (κ2) is 11.7. The number of anilines is 1. The monoisotopic (exact) mass is 483 g/mol. The number of benzene rings is 2. The standard InChI is InChI=1S/C27H34ClN3O3/c1-34-23-10-8-20(9-11-23)27(33)30-25-17-19(7-12-24(25)28)18-31-15-13-21(14-16-31)26(32)29-22-5-3-2-4-6-22/h7-12,17,21-22H,2-6,13-16,18H2,1H3,(H,29,32)(H,30,33). The molecule has 2 amide bonds. The SMILES string of the molecule is COc1ccc(C(=O)Nc2cc(CN3CCC(C(=O)NC4CCCCC4)CC3)ccc2Cl)cc1. The van der Waals surface area contributed by atoms with E-state index < -0.39 is 0 Å². The van der Waals surface area contributed by atoms with E-state index in [0.29, 0.717) is 28.1 Å². The van der Waals surface area contributed by atoms with E-state index in [1.54, 1.807) is 31.4 Å². The molecule has 0 aromatic heterocycles. The zero-order chi connectivity index (χ0) is 23.9. The van der Waals surface area contributed by atoms with Crippen LogP contribution in [0.5, 0.6) is 5.75 Å². The van der Waals surface area contributed by atoms with Gasteiger partial charge in [0.05, 0.1) is 17.8 Å². The lowest BCUT2D eigenvalue weighted by atomic mass is 9.92. The van der Waals surface area contributed by atoms with Crippen molar-refractivity contribution in [1.29, 1.82) is 0 Å². The van der Waals surface area contributed by atoms with Crippen molar-refractivity contribution >= 4 is 29.1 Å². The Kier molecular flexibility index (Phi) is 8.46. The number of rotatable bonds is 7. The number of nitrogens with one attached hydrogen (secondary N) is 2. The molecule has 2 N–H and O–H groups in total. The van der Waals surface area contributed by atoms with Gasteiger partial charge < -0.3 is 15.4 Å². The molecule has 1 heterocycles. The number of likely N-dealkylation sites (tertiary alicyclic amines) is 1. The number of carbonyl (C=O) groups is 2. The van der Waals surface area contributed by atoms with E-state index in [-0.39, 0.29) is 17.7 Å². The summed E-state index contributed by atoms with van der Waals surface area (Å²) in [5, 5.41) is 6.71. The summed E-state index contributed by atoms with van der Waals surface area (Å²) in [5.41, 5.74) is 2.22. The number of halogens is 1. The van der Waals surface area contributed by atoms with Crippen LogP contribution >= 0.6 is 11.6 Å². The molecule has 1 saturated carbocycles. The van der Waals surface area contributed by atoms with Gasteiger partial charge in [-0.25, -0.2) is 0 Å². The Bertz CT molecular complexity index is 981. The van der Waals surface area contributed by atoms with Gasteiger partial charge in [-0.3, -0.25) is 14.5 Å². The molecule has 182 valence electrons. The highest BCUT2D eigenvalue weighted by Crippen LogP contribution is 2.27. The number of piperidine rings is 1. The fourth-order valence-corrected chi connectivity index (χ4v) is 5.05. The molecule has 2 aromatic rings. The second-order valence-corrected chi connectivity index (χ2v) is 9.80. The molecule has 1 aliphatic heterocycles. The Morgan fingerprint density at radius 3 is 2.38 bits per heavy atom. The van der Waals surface area contributed by atoms with Gasteiger partial charge in [0, 0.05) is 24.1 Å². The maximum atomic E-state index is 12.7. The molecule has 0 atom stereocenters. The van der Waals surface area contributed by atoms with Gasteiger partial charge in [0.15, 0.2) is 0 Å². The van der Waals surface area contributed by atoms with Crippen molar-refractivity contribution in [1.82, 2.24) is 10.2 Å². The lowest BCUT2D eigenvalue weighted by molar-refractivity contribution is -0.127. The van der Waals surface area contributed by atoms with Crippen molar-refractivity contribution in [3.05, 3.63) is 58.6 Å². The number of carbonyl (C=O) groups excluding carboxylic acids is 2. The first kappa shape index (κ1) is 24.6. The molecular weight excluding hydrogens is 450 g/mol. The molecule has 6 nitrogen and oxygen atoms in total. The maximum absolute atomic E-state index is 12.7. The van der Waals surface area contributed by atoms with Crippen molar-refractivity contribution in [2.24, 2.45) is 5.92 Å². The van der Waals surface area contributed by atoms with Crippen LogP contribution in [-0.2, 0) is 11.3 Å². The fraction of sp³-hybridized carbons (Fsp3) is 0.481. The third-order valence-electron chi connectivity index (χ3n) is 6.95. The quantitative estimate of drug-likeness (QED) is 0.563. The average Bonchev–Trinajstić information content (AvgIpc) is 2.87. The second-order valence-electron chi connectivity index (χ2n) is 9.39. The lowest BCUT2D eigenvalue weighted by Crippen LogP contribution is -2.44. The zero-order valence-corrected chi connectivity index (χ0v) is 20.6. The summed E-state index contributed by atoms with van der Waals surface area (Å²) in [4.78, 5) is 27.7. The van der Waals surface area contributed by atoms with Crippen LogP contribution in [-0.4, -0.2) is 43.0 Å². The predicted molar refractivity (Wildman–Crippen MR) is 135 cm³/mol. The van der Waals surface area contributed by atoms with Crippen molar-refractivity contribution in [2.75, 3.05) is 25.5 Å². The lowest BCUT2D eigenvalue weighted by Gasteiger charge is -2.32. The Balaban J connectivity index is 1.29. The Hall–Kier alpha value is -2.57. The number of amides is 2. The van der Waals surface area contributed by atoms with Gasteiger partial charge in [-0.1, -0.05) is 36.9 Å². The first-order valence-electron chi connectivity index (χ1n) is 12.3. The summed E-state index contributed by atoms with van der Waals surface area (Å²) in [6.45, 7) is 2.54. The van der Waals surface area contributed by atoms with E-state index in [9.17, 15) is 9.59 Å². The molecule has 2 aliphatic rings. The first-order valence-corrected chi connectivity index (χ1v) is 12.7. The highest BCUT2D eigenvalue weighted by Gasteiger charge is 2.27. The number of ether oxygens (including phenoxy) is 1. The molecule has 0 spiro atoms. The van der Waals surface area contributed by atoms with E-state index >= 15 is 0 Å². The summed E-state index contributed by atoms with van der Waals surface area (Å²) in [7, 11) is 1.59. The summed E-state index contributed by atoms with van der Waals surface area (Å²) >= 11 is 6.36. The van der Waals surface area contributed by atoms with Crippen LogP contribution < -0.4 is 15.4 Å². The van der Waals surface area contributed by atoms with E-state index in [4.69, 9.17) is 16.3 Å². The average molecular weight is 484 g/mol. The molecule has 0 bridgehead atoms. The number of hydrogen-bond acceptors (Lipinski definition) is 4. The molecule has 0 radical (unpaired) electrons. The van der Waals surface area contributed by atoms with Crippen molar-refractivity contribution in [2.45, 2.75) is 57.5 Å². The van der Waals surface area contributed by atoms with Gasteiger partial charge in [-0.15, -0.1) is 0 Å². The van der Waals surface area contributed by atoms with Crippen molar-refractivity contribution in [3.63, 3.8) is 0 Å².